The van der Waals surface area contributed by atoms with Crippen molar-refractivity contribution in [2.45, 2.75) is 31.6 Å². The summed E-state index contributed by atoms with van der Waals surface area (Å²) in [5.41, 5.74) is 3.23. The third kappa shape index (κ3) is 1.40. The van der Waals surface area contributed by atoms with Crippen LogP contribution in [0.5, 0.6) is 0 Å². The van der Waals surface area contributed by atoms with Gasteiger partial charge in [0.05, 0.1) is 5.56 Å². The molecule has 0 amide bonds. The molecule has 0 unspecified atom stereocenters. The quantitative estimate of drug-likeness (QED) is 0.766. The number of nitriles is 1. The fourth-order valence-electron chi connectivity index (χ4n) is 2.74. The van der Waals surface area contributed by atoms with Crippen molar-refractivity contribution >= 4 is 10.9 Å². The molecule has 2 aromatic rings. The number of benzene rings is 1. The van der Waals surface area contributed by atoms with Crippen LogP contribution in [0.3, 0.4) is 0 Å². The molecule has 1 saturated carbocycles. The van der Waals surface area contributed by atoms with Gasteiger partial charge < -0.3 is 4.98 Å². The minimum absolute atomic E-state index is 0.714. The van der Waals surface area contributed by atoms with Gasteiger partial charge in [-0.3, -0.25) is 0 Å². The maximum Gasteiger partial charge on any atom is 0.101 e. The first-order valence-corrected chi connectivity index (χ1v) is 5.89. The van der Waals surface area contributed by atoms with E-state index in [1.807, 2.05) is 0 Å². The van der Waals surface area contributed by atoms with Crippen LogP contribution in [-0.4, -0.2) is 4.98 Å². The minimum Gasteiger partial charge on any atom is -0.360 e. The Kier molecular flexibility index (Phi) is 2.18. The monoisotopic (exact) mass is 210 g/mol. The number of rotatable bonds is 1. The second-order valence-corrected chi connectivity index (χ2v) is 4.60. The number of aromatic amines is 1. The lowest BCUT2D eigenvalue weighted by molar-refractivity contribution is 0.724. The van der Waals surface area contributed by atoms with Crippen molar-refractivity contribution in [1.29, 1.82) is 5.26 Å². The highest BCUT2D eigenvalue weighted by atomic mass is 14.7. The summed E-state index contributed by atoms with van der Waals surface area (Å²) in [6, 6.07) is 8.74. The van der Waals surface area contributed by atoms with Crippen molar-refractivity contribution < 1.29 is 0 Å². The summed E-state index contributed by atoms with van der Waals surface area (Å²) in [6.07, 6.45) is 7.10. The van der Waals surface area contributed by atoms with Gasteiger partial charge in [-0.2, -0.15) is 5.26 Å². The predicted octanol–water partition coefficient (Wildman–Crippen LogP) is 3.70. The van der Waals surface area contributed by atoms with E-state index < -0.39 is 0 Å². The number of nitrogens with zero attached hydrogens (tertiary/aromatic N) is 1. The Morgan fingerprint density at radius 2 is 2.06 bits per heavy atom. The second kappa shape index (κ2) is 3.68. The lowest BCUT2D eigenvalue weighted by Crippen LogP contribution is -1.91. The van der Waals surface area contributed by atoms with Gasteiger partial charge in [-0.1, -0.05) is 18.9 Å². The lowest BCUT2D eigenvalue weighted by Gasteiger charge is -2.09. The molecule has 1 fully saturated rings. The zero-order chi connectivity index (χ0) is 11.0. The lowest BCUT2D eigenvalue weighted by atomic mass is 9.96. The van der Waals surface area contributed by atoms with Crippen LogP contribution in [0.15, 0.2) is 24.4 Å². The normalized spacial score (nSPS) is 16.7. The van der Waals surface area contributed by atoms with Crippen molar-refractivity contribution in [3.8, 4) is 6.07 Å². The highest BCUT2D eigenvalue weighted by Crippen LogP contribution is 2.35. The number of H-pyrrole nitrogens is 1. The van der Waals surface area contributed by atoms with Gasteiger partial charge >= 0.3 is 0 Å². The summed E-state index contributed by atoms with van der Waals surface area (Å²) in [6.45, 7) is 0. The summed E-state index contributed by atoms with van der Waals surface area (Å²) in [5.74, 6) is 0.714. The molecule has 1 aliphatic rings. The van der Waals surface area contributed by atoms with Gasteiger partial charge in [-0.15, -0.1) is 0 Å². The summed E-state index contributed by atoms with van der Waals surface area (Å²) < 4.78 is 0. The molecule has 0 bridgehead atoms. The predicted molar refractivity (Wildman–Crippen MR) is 64.2 cm³/mol. The van der Waals surface area contributed by atoms with Crippen LogP contribution in [0.25, 0.3) is 10.9 Å². The fourth-order valence-corrected chi connectivity index (χ4v) is 2.74. The molecule has 2 nitrogen and oxygen atoms in total. The standard InChI is InChI=1S/C14H14N2/c15-8-12-9-16-14-6-5-11(7-13(12)14)10-3-1-2-4-10/h5-7,9-10,16H,1-4H2. The molecule has 0 aliphatic heterocycles. The molecular weight excluding hydrogens is 196 g/mol. The van der Waals surface area contributed by atoms with Crippen molar-refractivity contribution in [3.05, 3.63) is 35.5 Å². The Morgan fingerprint density at radius 1 is 1.25 bits per heavy atom. The summed E-state index contributed by atoms with van der Waals surface area (Å²) in [7, 11) is 0. The Hall–Kier alpha value is -1.75. The first kappa shape index (κ1) is 9.47. The summed E-state index contributed by atoms with van der Waals surface area (Å²) >= 11 is 0. The second-order valence-electron chi connectivity index (χ2n) is 4.60. The maximum absolute atomic E-state index is 9.01. The SMILES string of the molecule is N#Cc1c[nH]c2ccc(C3CCCC3)cc12. The van der Waals surface area contributed by atoms with Gasteiger partial charge in [0.2, 0.25) is 0 Å². The molecule has 0 atom stereocenters. The van der Waals surface area contributed by atoms with Crippen molar-refractivity contribution in [1.82, 2.24) is 4.98 Å². The van der Waals surface area contributed by atoms with Crippen LogP contribution in [-0.2, 0) is 0 Å². The maximum atomic E-state index is 9.01. The molecule has 1 heterocycles. The smallest absolute Gasteiger partial charge is 0.101 e. The number of hydrogen-bond donors (Lipinski definition) is 1. The molecular formula is C14H14N2. The van der Waals surface area contributed by atoms with E-state index in [1.165, 1.54) is 31.2 Å². The van der Waals surface area contributed by atoms with E-state index >= 15 is 0 Å². The molecule has 3 rings (SSSR count). The molecule has 16 heavy (non-hydrogen) atoms. The van der Waals surface area contributed by atoms with Crippen molar-refractivity contribution in [2.24, 2.45) is 0 Å². The first-order valence-electron chi connectivity index (χ1n) is 5.89. The van der Waals surface area contributed by atoms with Gasteiger partial charge in [0.15, 0.2) is 0 Å². The van der Waals surface area contributed by atoms with Crippen LogP contribution in [0, 0.1) is 11.3 Å². The van der Waals surface area contributed by atoms with E-state index in [0.29, 0.717) is 5.92 Å². The van der Waals surface area contributed by atoms with Gasteiger partial charge in [0.1, 0.15) is 6.07 Å². The highest BCUT2D eigenvalue weighted by molar-refractivity contribution is 5.86. The van der Waals surface area contributed by atoms with E-state index in [1.54, 1.807) is 6.20 Å². The van der Waals surface area contributed by atoms with E-state index in [4.69, 9.17) is 5.26 Å². The third-order valence-corrected chi connectivity index (χ3v) is 3.65. The molecule has 1 aromatic carbocycles. The Balaban J connectivity index is 2.10. The number of nitrogens with one attached hydrogen (secondary N) is 1. The van der Waals surface area contributed by atoms with Gasteiger partial charge in [-0.25, -0.2) is 0 Å². The molecule has 0 radical (unpaired) electrons. The van der Waals surface area contributed by atoms with Crippen molar-refractivity contribution in [3.63, 3.8) is 0 Å². The van der Waals surface area contributed by atoms with Gasteiger partial charge in [-0.05, 0) is 36.5 Å². The van der Waals surface area contributed by atoms with E-state index in [2.05, 4.69) is 29.3 Å². The van der Waals surface area contributed by atoms with E-state index in [9.17, 15) is 0 Å². The van der Waals surface area contributed by atoms with Gasteiger partial charge in [0.25, 0.3) is 0 Å². The average Bonchev–Trinajstić information content (AvgIpc) is 2.97. The van der Waals surface area contributed by atoms with E-state index in [0.717, 1.165) is 16.5 Å². The summed E-state index contributed by atoms with van der Waals surface area (Å²) in [4.78, 5) is 3.13. The molecule has 0 saturated heterocycles. The van der Waals surface area contributed by atoms with Crippen LogP contribution in [0.2, 0.25) is 0 Å². The van der Waals surface area contributed by atoms with Gasteiger partial charge in [0, 0.05) is 17.1 Å². The molecule has 1 N–H and O–H groups in total. The number of aromatic nitrogens is 1. The molecule has 1 aromatic heterocycles. The minimum atomic E-state index is 0.714. The molecule has 1 aliphatic carbocycles. The largest absolute Gasteiger partial charge is 0.360 e. The number of fused-ring (bicyclic) bond motifs is 1. The van der Waals surface area contributed by atoms with Crippen LogP contribution >= 0.6 is 0 Å². The number of hydrogen-bond acceptors (Lipinski definition) is 1. The first-order chi connectivity index (χ1) is 7.88. The van der Waals surface area contributed by atoms with Crippen LogP contribution in [0.4, 0.5) is 0 Å². The van der Waals surface area contributed by atoms with Crippen LogP contribution < -0.4 is 0 Å². The zero-order valence-electron chi connectivity index (χ0n) is 9.16. The van der Waals surface area contributed by atoms with E-state index in [-0.39, 0.29) is 0 Å². The van der Waals surface area contributed by atoms with Crippen LogP contribution in [0.1, 0.15) is 42.7 Å². The fraction of sp³-hybridized carbons (Fsp3) is 0.357. The third-order valence-electron chi connectivity index (χ3n) is 3.65. The highest BCUT2D eigenvalue weighted by Gasteiger charge is 2.17. The van der Waals surface area contributed by atoms with Crippen molar-refractivity contribution in [2.75, 3.05) is 0 Å². The topological polar surface area (TPSA) is 39.6 Å². The molecule has 2 heteroatoms. The average molecular weight is 210 g/mol. The Bertz CT molecular complexity index is 554. The zero-order valence-corrected chi connectivity index (χ0v) is 9.16. The molecule has 80 valence electrons. The Morgan fingerprint density at radius 3 is 2.81 bits per heavy atom. The Labute approximate surface area is 94.9 Å². The summed E-state index contributed by atoms with van der Waals surface area (Å²) in [5, 5.41) is 10.1. The molecule has 0 spiro atoms.